The zero-order valence-electron chi connectivity index (χ0n) is 7.24. The van der Waals surface area contributed by atoms with Gasteiger partial charge in [-0.1, -0.05) is 11.6 Å². The first-order valence-electron chi connectivity index (χ1n) is 3.86. The number of tetrazole rings is 1. The summed E-state index contributed by atoms with van der Waals surface area (Å²) >= 11 is 5.85. The Bertz CT molecular complexity index is 498. The first kappa shape index (κ1) is 9.53. The molecule has 0 bridgehead atoms. The third-order valence-electron chi connectivity index (χ3n) is 1.74. The number of aromatic nitrogens is 4. The lowest BCUT2D eigenvalue weighted by Crippen LogP contribution is -1.98. The third kappa shape index (κ3) is 1.77. The van der Waals surface area contributed by atoms with E-state index in [0.717, 1.165) is 0 Å². The summed E-state index contributed by atoms with van der Waals surface area (Å²) in [5, 5.41) is 21.3. The second-order valence-electron chi connectivity index (χ2n) is 2.65. The molecule has 0 amide bonds. The summed E-state index contributed by atoms with van der Waals surface area (Å²) in [5.41, 5.74) is 0.306. The van der Waals surface area contributed by atoms with Gasteiger partial charge in [0.25, 0.3) is 5.69 Å². The molecule has 0 unspecified atom stereocenters. The summed E-state index contributed by atoms with van der Waals surface area (Å²) in [7, 11) is 0. The summed E-state index contributed by atoms with van der Waals surface area (Å²) in [6.45, 7) is 0. The van der Waals surface area contributed by atoms with E-state index in [1.807, 2.05) is 0 Å². The van der Waals surface area contributed by atoms with Gasteiger partial charge >= 0.3 is 0 Å². The molecule has 0 aliphatic rings. The number of rotatable bonds is 2. The van der Waals surface area contributed by atoms with Crippen molar-refractivity contribution >= 4 is 17.3 Å². The molecule has 2 aromatic rings. The van der Waals surface area contributed by atoms with Crippen LogP contribution in [0.2, 0.25) is 5.02 Å². The molecule has 0 radical (unpaired) electrons. The number of hydrogen-bond acceptors (Lipinski definition) is 5. The molecule has 0 saturated heterocycles. The van der Waals surface area contributed by atoms with Crippen LogP contribution in [0.3, 0.4) is 0 Å². The largest absolute Gasteiger partial charge is 0.271 e. The first-order chi connectivity index (χ1) is 7.18. The second-order valence-corrected chi connectivity index (χ2v) is 3.05. The van der Waals surface area contributed by atoms with Crippen LogP contribution in [0.25, 0.3) is 5.69 Å². The maximum Gasteiger partial charge on any atom is 0.271 e. The zero-order chi connectivity index (χ0) is 10.8. The quantitative estimate of drug-likeness (QED) is 0.567. The van der Waals surface area contributed by atoms with Gasteiger partial charge in [0, 0.05) is 12.1 Å². The van der Waals surface area contributed by atoms with Gasteiger partial charge in [-0.15, -0.1) is 5.10 Å². The number of nitro benzene ring substituents is 1. The van der Waals surface area contributed by atoms with Crippen molar-refractivity contribution < 1.29 is 4.92 Å². The lowest BCUT2D eigenvalue weighted by atomic mass is 10.3. The molecule has 2 rings (SSSR count). The Kier molecular flexibility index (Phi) is 2.30. The molecule has 1 aromatic heterocycles. The summed E-state index contributed by atoms with van der Waals surface area (Å²) in [6.07, 6.45) is 1.31. The molecule has 0 spiro atoms. The maximum atomic E-state index is 10.5. The van der Waals surface area contributed by atoms with Crippen LogP contribution in [0.15, 0.2) is 24.5 Å². The van der Waals surface area contributed by atoms with Crippen molar-refractivity contribution in [3.63, 3.8) is 0 Å². The third-order valence-corrected chi connectivity index (χ3v) is 2.06. The molecule has 0 saturated carbocycles. The Labute approximate surface area is 88.4 Å². The van der Waals surface area contributed by atoms with Gasteiger partial charge in [-0.2, -0.15) is 4.68 Å². The summed E-state index contributed by atoms with van der Waals surface area (Å²) in [6, 6.07) is 4.05. The molecule has 0 N–H and O–H groups in total. The minimum absolute atomic E-state index is 0.0649. The molecule has 1 aromatic carbocycles. The highest BCUT2D eigenvalue weighted by Gasteiger charge is 2.11. The molecule has 0 atom stereocenters. The van der Waals surface area contributed by atoms with E-state index in [9.17, 15) is 10.1 Å². The van der Waals surface area contributed by atoms with Crippen LogP contribution in [0.1, 0.15) is 0 Å². The number of nitrogens with zero attached hydrogens (tertiary/aromatic N) is 5. The van der Waals surface area contributed by atoms with E-state index in [4.69, 9.17) is 11.6 Å². The van der Waals surface area contributed by atoms with Crippen molar-refractivity contribution in [3.8, 4) is 5.69 Å². The van der Waals surface area contributed by atoms with E-state index in [2.05, 4.69) is 15.5 Å². The van der Waals surface area contributed by atoms with Crippen molar-refractivity contribution in [3.05, 3.63) is 39.7 Å². The molecular weight excluding hydrogens is 222 g/mol. The average Bonchev–Trinajstić information content (AvgIpc) is 2.71. The van der Waals surface area contributed by atoms with E-state index >= 15 is 0 Å². The standard InChI is InChI=1S/C7H4ClN5O2/c8-6-2-1-5(13(14)15)3-7(6)12-4-9-10-11-12/h1-4H. The van der Waals surface area contributed by atoms with E-state index in [-0.39, 0.29) is 5.69 Å². The van der Waals surface area contributed by atoms with E-state index in [0.29, 0.717) is 10.7 Å². The highest BCUT2D eigenvalue weighted by Crippen LogP contribution is 2.24. The fourth-order valence-electron chi connectivity index (χ4n) is 1.06. The van der Waals surface area contributed by atoms with Gasteiger partial charge in [0.2, 0.25) is 0 Å². The van der Waals surface area contributed by atoms with Gasteiger partial charge in [-0.05, 0) is 16.5 Å². The van der Waals surface area contributed by atoms with Crippen LogP contribution >= 0.6 is 11.6 Å². The van der Waals surface area contributed by atoms with Crippen molar-refractivity contribution in [2.24, 2.45) is 0 Å². The average molecular weight is 226 g/mol. The monoisotopic (exact) mass is 225 g/mol. The van der Waals surface area contributed by atoms with E-state index in [1.54, 1.807) is 0 Å². The smallest absolute Gasteiger partial charge is 0.258 e. The van der Waals surface area contributed by atoms with Crippen LogP contribution in [0.4, 0.5) is 5.69 Å². The molecule has 76 valence electrons. The van der Waals surface area contributed by atoms with Gasteiger partial charge in [-0.25, -0.2) is 0 Å². The number of nitro groups is 1. The van der Waals surface area contributed by atoms with E-state index < -0.39 is 4.92 Å². The number of non-ortho nitro benzene ring substituents is 1. The Morgan fingerprint density at radius 2 is 2.27 bits per heavy atom. The second kappa shape index (κ2) is 3.62. The zero-order valence-corrected chi connectivity index (χ0v) is 8.00. The molecular formula is C7H4ClN5O2. The Hall–Kier alpha value is -2.02. The van der Waals surface area contributed by atoms with Gasteiger partial charge in [0.1, 0.15) is 6.33 Å². The topological polar surface area (TPSA) is 86.7 Å². The lowest BCUT2D eigenvalue weighted by molar-refractivity contribution is -0.384. The van der Waals surface area contributed by atoms with Crippen LogP contribution in [0, 0.1) is 10.1 Å². The van der Waals surface area contributed by atoms with Gasteiger partial charge < -0.3 is 0 Å². The Morgan fingerprint density at radius 3 is 2.87 bits per heavy atom. The first-order valence-corrected chi connectivity index (χ1v) is 4.23. The van der Waals surface area contributed by atoms with Gasteiger partial charge in [0.05, 0.1) is 15.6 Å². The Balaban J connectivity index is 2.55. The fraction of sp³-hybridized carbons (Fsp3) is 0. The van der Waals surface area contributed by atoms with Crippen LogP contribution in [-0.2, 0) is 0 Å². The van der Waals surface area contributed by atoms with E-state index in [1.165, 1.54) is 29.2 Å². The minimum Gasteiger partial charge on any atom is -0.258 e. The molecule has 15 heavy (non-hydrogen) atoms. The predicted octanol–water partition coefficient (Wildman–Crippen LogP) is 1.22. The molecule has 0 aliphatic heterocycles. The fourth-order valence-corrected chi connectivity index (χ4v) is 1.27. The normalized spacial score (nSPS) is 10.2. The molecule has 0 fully saturated rings. The molecule has 1 heterocycles. The van der Waals surface area contributed by atoms with Crippen LogP contribution in [-0.4, -0.2) is 25.1 Å². The van der Waals surface area contributed by atoms with Gasteiger partial charge in [0.15, 0.2) is 0 Å². The highest BCUT2D eigenvalue weighted by molar-refractivity contribution is 6.32. The summed E-state index contributed by atoms with van der Waals surface area (Å²) in [4.78, 5) is 10.0. The van der Waals surface area contributed by atoms with Crippen LogP contribution < -0.4 is 0 Å². The predicted molar refractivity (Wildman–Crippen MR) is 50.8 cm³/mol. The van der Waals surface area contributed by atoms with Crippen molar-refractivity contribution in [2.45, 2.75) is 0 Å². The van der Waals surface area contributed by atoms with Crippen molar-refractivity contribution in [2.75, 3.05) is 0 Å². The lowest BCUT2D eigenvalue weighted by Gasteiger charge is -2.01. The van der Waals surface area contributed by atoms with Gasteiger partial charge in [-0.3, -0.25) is 10.1 Å². The highest BCUT2D eigenvalue weighted by atomic mass is 35.5. The number of benzene rings is 1. The molecule has 0 aliphatic carbocycles. The Morgan fingerprint density at radius 1 is 1.47 bits per heavy atom. The SMILES string of the molecule is O=[N+]([O-])c1ccc(Cl)c(-n2cnnn2)c1. The number of halogens is 1. The minimum atomic E-state index is -0.510. The number of hydrogen-bond donors (Lipinski definition) is 0. The summed E-state index contributed by atoms with van der Waals surface area (Å²) in [5.74, 6) is 0. The van der Waals surface area contributed by atoms with Crippen molar-refractivity contribution in [1.82, 2.24) is 20.2 Å². The maximum absolute atomic E-state index is 10.5. The molecule has 7 nitrogen and oxygen atoms in total. The van der Waals surface area contributed by atoms with Crippen molar-refractivity contribution in [1.29, 1.82) is 0 Å². The summed E-state index contributed by atoms with van der Waals surface area (Å²) < 4.78 is 1.26. The molecule has 8 heteroatoms. The van der Waals surface area contributed by atoms with Crippen LogP contribution in [0.5, 0.6) is 0 Å².